The molecule has 0 spiro atoms. The number of carbonyl (C=O) groups is 2. The van der Waals surface area contributed by atoms with Crippen LogP contribution in [0.25, 0.3) is 0 Å². The summed E-state index contributed by atoms with van der Waals surface area (Å²) in [7, 11) is 0. The predicted octanol–water partition coefficient (Wildman–Crippen LogP) is 3.20. The van der Waals surface area contributed by atoms with Crippen molar-refractivity contribution in [3.8, 4) is 11.5 Å². The highest BCUT2D eigenvalue weighted by atomic mass is 32.2. The van der Waals surface area contributed by atoms with Crippen molar-refractivity contribution in [3.63, 3.8) is 0 Å². The molecule has 1 saturated heterocycles. The van der Waals surface area contributed by atoms with E-state index in [1.807, 2.05) is 12.1 Å². The lowest BCUT2D eigenvalue weighted by atomic mass is 9.92. The van der Waals surface area contributed by atoms with E-state index in [9.17, 15) is 14.0 Å². The Labute approximate surface area is 166 Å². The lowest BCUT2D eigenvalue weighted by Crippen LogP contribution is -2.46. The van der Waals surface area contributed by atoms with Gasteiger partial charge in [0, 0.05) is 23.6 Å². The van der Waals surface area contributed by atoms with Gasteiger partial charge in [-0.3, -0.25) is 9.69 Å². The highest BCUT2D eigenvalue weighted by Gasteiger charge is 2.47. The fraction of sp³-hybridized carbons (Fsp3) is 0.300. The minimum atomic E-state index is -1.03. The third-order valence-electron chi connectivity index (χ3n) is 4.75. The number of imide groups is 1. The number of hydrogen-bond acceptors (Lipinski definition) is 5. The Bertz CT molecular complexity index is 938. The number of nitrogens with zero attached hydrogens (tertiary/aromatic N) is 1. The lowest BCUT2D eigenvalue weighted by Gasteiger charge is -2.22. The van der Waals surface area contributed by atoms with Crippen LogP contribution >= 0.6 is 11.8 Å². The highest BCUT2D eigenvalue weighted by molar-refractivity contribution is 7.99. The molecule has 0 bridgehead atoms. The molecular formula is C20H19FN2O4S. The number of carbonyl (C=O) groups excluding carboxylic acids is 2. The third kappa shape index (κ3) is 3.52. The summed E-state index contributed by atoms with van der Waals surface area (Å²) < 4.78 is 24.4. The Hall–Kier alpha value is -2.74. The minimum Gasteiger partial charge on any atom is -0.454 e. The van der Waals surface area contributed by atoms with E-state index in [2.05, 4.69) is 5.32 Å². The van der Waals surface area contributed by atoms with Crippen molar-refractivity contribution >= 4 is 23.7 Å². The van der Waals surface area contributed by atoms with Gasteiger partial charge in [0.25, 0.3) is 5.91 Å². The van der Waals surface area contributed by atoms with Gasteiger partial charge < -0.3 is 14.8 Å². The maximum absolute atomic E-state index is 13.7. The van der Waals surface area contributed by atoms with Crippen LogP contribution in [0.2, 0.25) is 0 Å². The molecule has 0 radical (unpaired) electrons. The zero-order chi connectivity index (χ0) is 19.7. The predicted molar refractivity (Wildman–Crippen MR) is 102 cm³/mol. The van der Waals surface area contributed by atoms with Gasteiger partial charge >= 0.3 is 6.03 Å². The van der Waals surface area contributed by atoms with Crippen molar-refractivity contribution in [2.75, 3.05) is 19.1 Å². The summed E-state index contributed by atoms with van der Waals surface area (Å²) in [6, 6.07) is 11.5. The fourth-order valence-electron chi connectivity index (χ4n) is 3.34. The first-order chi connectivity index (χ1) is 13.5. The average molecular weight is 402 g/mol. The highest BCUT2D eigenvalue weighted by Crippen LogP contribution is 2.34. The van der Waals surface area contributed by atoms with E-state index < -0.39 is 11.6 Å². The van der Waals surface area contributed by atoms with Crippen LogP contribution in [-0.4, -0.2) is 41.5 Å². The van der Waals surface area contributed by atoms with E-state index in [4.69, 9.17) is 9.47 Å². The number of ether oxygens (including phenoxy) is 2. The Kier molecular flexibility index (Phi) is 4.89. The number of fused-ring (bicyclic) bond motifs is 1. The van der Waals surface area contributed by atoms with Crippen molar-refractivity contribution in [2.45, 2.75) is 23.8 Å². The smallest absolute Gasteiger partial charge is 0.325 e. The van der Waals surface area contributed by atoms with Gasteiger partial charge in [0.15, 0.2) is 11.5 Å². The third-order valence-corrected chi connectivity index (χ3v) is 5.78. The molecule has 28 heavy (non-hydrogen) atoms. The molecule has 1 N–H and O–H groups in total. The maximum Gasteiger partial charge on any atom is 0.325 e. The van der Waals surface area contributed by atoms with Crippen molar-refractivity contribution in [2.24, 2.45) is 0 Å². The van der Waals surface area contributed by atoms with Gasteiger partial charge in [-0.2, -0.15) is 0 Å². The molecule has 8 heteroatoms. The number of halogens is 1. The summed E-state index contributed by atoms with van der Waals surface area (Å²) in [4.78, 5) is 26.9. The van der Waals surface area contributed by atoms with Gasteiger partial charge in [0.1, 0.15) is 11.4 Å². The molecule has 0 saturated carbocycles. The molecule has 146 valence electrons. The second-order valence-electron chi connectivity index (χ2n) is 6.86. The van der Waals surface area contributed by atoms with Gasteiger partial charge in [0.05, 0.1) is 0 Å². The summed E-state index contributed by atoms with van der Waals surface area (Å²) in [5.74, 6) is 1.13. The Morgan fingerprint density at radius 2 is 1.96 bits per heavy atom. The molecule has 0 aliphatic carbocycles. The molecule has 2 aliphatic heterocycles. The maximum atomic E-state index is 13.7. The number of rotatable bonds is 6. The van der Waals surface area contributed by atoms with Crippen LogP contribution in [0.1, 0.15) is 12.5 Å². The molecule has 0 aromatic heterocycles. The van der Waals surface area contributed by atoms with Gasteiger partial charge in [-0.15, -0.1) is 11.8 Å². The first-order valence-electron chi connectivity index (χ1n) is 8.86. The molecule has 3 amide bonds. The van der Waals surface area contributed by atoms with Crippen LogP contribution in [0.15, 0.2) is 47.4 Å². The first-order valence-corrected chi connectivity index (χ1v) is 9.85. The number of nitrogens with one attached hydrogen (secondary N) is 1. The molecule has 2 aliphatic rings. The molecule has 4 rings (SSSR count). The molecule has 6 nitrogen and oxygen atoms in total. The topological polar surface area (TPSA) is 67.9 Å². The summed E-state index contributed by atoms with van der Waals surface area (Å²) >= 11 is 1.28. The van der Waals surface area contributed by atoms with Crippen molar-refractivity contribution in [1.29, 1.82) is 0 Å². The number of thioether (sulfide) groups is 1. The summed E-state index contributed by atoms with van der Waals surface area (Å²) in [5, 5.41) is 2.79. The molecule has 0 unspecified atom stereocenters. The Morgan fingerprint density at radius 1 is 1.18 bits per heavy atom. The lowest BCUT2D eigenvalue weighted by molar-refractivity contribution is -0.130. The number of amides is 3. The SMILES string of the molecule is C[C@@]1(Cc2ccc3c(c2)OCO3)NC(=O)N(CCSc2ccccc2F)C1=O. The number of benzene rings is 2. The van der Waals surface area contributed by atoms with Crippen LogP contribution in [-0.2, 0) is 11.2 Å². The average Bonchev–Trinajstić information content (AvgIpc) is 3.20. The minimum absolute atomic E-state index is 0.180. The van der Waals surface area contributed by atoms with Crippen LogP contribution in [0, 0.1) is 5.82 Å². The van der Waals surface area contributed by atoms with E-state index in [1.54, 1.807) is 31.2 Å². The van der Waals surface area contributed by atoms with Crippen LogP contribution in [0.3, 0.4) is 0 Å². The van der Waals surface area contributed by atoms with Gasteiger partial charge in [-0.1, -0.05) is 18.2 Å². The summed E-state index contributed by atoms with van der Waals surface area (Å²) in [5.41, 5.74) is -0.170. The van der Waals surface area contributed by atoms with E-state index in [1.165, 1.54) is 22.7 Å². The first kappa shape index (κ1) is 18.6. The second-order valence-corrected chi connectivity index (χ2v) is 8.00. The van der Waals surface area contributed by atoms with Crippen molar-refractivity contribution in [3.05, 3.63) is 53.8 Å². The second kappa shape index (κ2) is 7.35. The van der Waals surface area contributed by atoms with Gasteiger partial charge in [-0.25, -0.2) is 9.18 Å². The largest absolute Gasteiger partial charge is 0.454 e. The van der Waals surface area contributed by atoms with Crippen LogP contribution in [0.5, 0.6) is 11.5 Å². The molecule has 1 atom stereocenters. The molecule has 2 heterocycles. The number of urea groups is 1. The van der Waals surface area contributed by atoms with Crippen molar-refractivity contribution < 1.29 is 23.5 Å². The van der Waals surface area contributed by atoms with E-state index in [-0.39, 0.29) is 25.1 Å². The zero-order valence-electron chi connectivity index (χ0n) is 15.2. The summed E-state index contributed by atoms with van der Waals surface area (Å²) in [6.07, 6.45) is 0.338. The molecular weight excluding hydrogens is 383 g/mol. The van der Waals surface area contributed by atoms with Crippen molar-refractivity contribution in [1.82, 2.24) is 10.2 Å². The van der Waals surface area contributed by atoms with Crippen LogP contribution < -0.4 is 14.8 Å². The summed E-state index contributed by atoms with van der Waals surface area (Å²) in [6.45, 7) is 2.10. The molecule has 1 fully saturated rings. The quantitative estimate of drug-likeness (QED) is 0.594. The number of hydrogen-bond donors (Lipinski definition) is 1. The fourth-order valence-corrected chi connectivity index (χ4v) is 4.21. The van der Waals surface area contributed by atoms with E-state index in [0.29, 0.717) is 28.6 Å². The monoisotopic (exact) mass is 402 g/mol. The molecule has 2 aromatic rings. The van der Waals surface area contributed by atoms with Gasteiger partial charge in [0.2, 0.25) is 6.79 Å². The Balaban J connectivity index is 1.40. The Morgan fingerprint density at radius 3 is 2.79 bits per heavy atom. The van der Waals surface area contributed by atoms with Crippen LogP contribution in [0.4, 0.5) is 9.18 Å². The molecule has 2 aromatic carbocycles. The normalized spacial score (nSPS) is 20.6. The van der Waals surface area contributed by atoms with Gasteiger partial charge in [-0.05, 0) is 36.8 Å². The van der Waals surface area contributed by atoms with E-state index in [0.717, 1.165) is 5.56 Å². The van der Waals surface area contributed by atoms with E-state index >= 15 is 0 Å². The standard InChI is InChI=1S/C20H19FN2O4S/c1-20(11-13-6-7-15-16(10-13)27-12-26-15)18(24)23(19(25)22-20)8-9-28-17-5-3-2-4-14(17)21/h2-7,10H,8-9,11-12H2,1H3,(H,22,25)/t20-/m0/s1. The zero-order valence-corrected chi connectivity index (χ0v) is 16.1.